The fraction of sp³-hybridized carbons (Fsp3) is 0.0667. The maximum Gasteiger partial charge on any atom is 0.261 e. The predicted octanol–water partition coefficient (Wildman–Crippen LogP) is 2.92. The van der Waals surface area contributed by atoms with Gasteiger partial charge in [-0.3, -0.25) is 4.72 Å². The summed E-state index contributed by atoms with van der Waals surface area (Å²) in [5.74, 6) is 1.85. The van der Waals surface area contributed by atoms with E-state index in [0.29, 0.717) is 16.8 Å². The number of halogens is 1. The van der Waals surface area contributed by atoms with E-state index in [0.717, 1.165) is 6.07 Å². The molecule has 2 aromatic carbocycles. The van der Waals surface area contributed by atoms with Crippen LogP contribution in [0.5, 0.6) is 0 Å². The normalized spacial score (nSPS) is 10.8. The highest BCUT2D eigenvalue weighted by Gasteiger charge is 2.15. The molecule has 1 N–H and O–H groups in total. The zero-order valence-corrected chi connectivity index (χ0v) is 11.5. The fourth-order valence-electron chi connectivity index (χ4n) is 1.63. The van der Waals surface area contributed by atoms with E-state index in [1.165, 1.54) is 18.2 Å². The average Bonchev–Trinajstić information content (AvgIpc) is 2.41. The quantitative estimate of drug-likeness (QED) is 0.883. The molecule has 2 rings (SSSR count). The summed E-state index contributed by atoms with van der Waals surface area (Å²) in [5.41, 5.74) is 1.28. The van der Waals surface area contributed by atoms with Gasteiger partial charge in [0.25, 0.3) is 10.0 Å². The molecule has 0 spiro atoms. The molecule has 0 aliphatic heterocycles. The Balaban J connectivity index is 2.35. The Morgan fingerprint density at radius 3 is 2.60 bits per heavy atom. The molecular formula is C15H12FNO2S. The molecule has 0 radical (unpaired) electrons. The van der Waals surface area contributed by atoms with Crippen molar-refractivity contribution in [1.29, 1.82) is 0 Å². The van der Waals surface area contributed by atoms with Crippen LogP contribution in [0.4, 0.5) is 10.1 Å². The van der Waals surface area contributed by atoms with Crippen LogP contribution in [0.25, 0.3) is 0 Å². The molecule has 0 aliphatic rings. The van der Waals surface area contributed by atoms with Gasteiger partial charge in [-0.25, -0.2) is 12.8 Å². The monoisotopic (exact) mass is 289 g/mol. The minimum atomic E-state index is -3.84. The van der Waals surface area contributed by atoms with Crippen LogP contribution in [0, 0.1) is 25.1 Å². The van der Waals surface area contributed by atoms with Gasteiger partial charge in [0.05, 0.1) is 10.6 Å². The molecule has 0 bridgehead atoms. The Bertz CT molecular complexity index is 792. The Kier molecular flexibility index (Phi) is 3.77. The molecule has 0 saturated carbocycles. The average molecular weight is 289 g/mol. The second-order valence-electron chi connectivity index (χ2n) is 4.24. The van der Waals surface area contributed by atoms with Gasteiger partial charge in [-0.05, 0) is 42.8 Å². The summed E-state index contributed by atoms with van der Waals surface area (Å²) < 4.78 is 40.1. The Morgan fingerprint density at radius 2 is 1.95 bits per heavy atom. The highest BCUT2D eigenvalue weighted by molar-refractivity contribution is 7.92. The van der Waals surface area contributed by atoms with E-state index in [9.17, 15) is 12.8 Å². The lowest BCUT2D eigenvalue weighted by molar-refractivity contribution is 0.593. The number of anilines is 1. The molecular weight excluding hydrogens is 277 g/mol. The van der Waals surface area contributed by atoms with Crippen molar-refractivity contribution >= 4 is 15.7 Å². The Labute approximate surface area is 117 Å². The van der Waals surface area contributed by atoms with E-state index in [-0.39, 0.29) is 4.90 Å². The van der Waals surface area contributed by atoms with Gasteiger partial charge in [0.2, 0.25) is 0 Å². The summed E-state index contributed by atoms with van der Waals surface area (Å²) in [6.45, 7) is 1.57. The number of hydrogen-bond acceptors (Lipinski definition) is 2. The first kappa shape index (κ1) is 14.1. The van der Waals surface area contributed by atoms with Gasteiger partial charge in [-0.2, -0.15) is 0 Å². The molecule has 3 nitrogen and oxygen atoms in total. The molecule has 0 aromatic heterocycles. The highest BCUT2D eigenvalue weighted by atomic mass is 32.2. The lowest BCUT2D eigenvalue weighted by atomic mass is 10.2. The summed E-state index contributed by atoms with van der Waals surface area (Å²) in [4.78, 5) is -0.133. The van der Waals surface area contributed by atoms with Gasteiger partial charge in [-0.15, -0.1) is 6.42 Å². The van der Waals surface area contributed by atoms with Crippen LogP contribution in [0.15, 0.2) is 47.4 Å². The van der Waals surface area contributed by atoms with E-state index >= 15 is 0 Å². The SMILES string of the molecule is C#Cc1cccc(NS(=O)(=O)c2ccc(C)c(F)c2)c1. The molecule has 0 unspecified atom stereocenters. The Morgan fingerprint density at radius 1 is 1.20 bits per heavy atom. The highest BCUT2D eigenvalue weighted by Crippen LogP contribution is 2.19. The minimum absolute atomic E-state index is 0.133. The number of benzene rings is 2. The van der Waals surface area contributed by atoms with E-state index in [1.807, 2.05) is 0 Å². The molecule has 0 fully saturated rings. The van der Waals surface area contributed by atoms with Crippen molar-refractivity contribution in [2.75, 3.05) is 4.72 Å². The van der Waals surface area contributed by atoms with E-state index in [2.05, 4.69) is 10.6 Å². The number of nitrogens with one attached hydrogen (secondary N) is 1. The van der Waals surface area contributed by atoms with Crippen LogP contribution in [0.2, 0.25) is 0 Å². The Hall–Kier alpha value is -2.32. The van der Waals surface area contributed by atoms with Crippen LogP contribution in [0.1, 0.15) is 11.1 Å². The van der Waals surface area contributed by atoms with Crippen molar-refractivity contribution < 1.29 is 12.8 Å². The molecule has 20 heavy (non-hydrogen) atoms. The smallest absolute Gasteiger partial charge is 0.261 e. The molecule has 5 heteroatoms. The van der Waals surface area contributed by atoms with Crippen molar-refractivity contribution in [2.45, 2.75) is 11.8 Å². The summed E-state index contributed by atoms with van der Waals surface area (Å²) in [7, 11) is -3.84. The molecule has 0 amide bonds. The first-order valence-electron chi connectivity index (χ1n) is 5.78. The van der Waals surface area contributed by atoms with Crippen LogP contribution < -0.4 is 4.72 Å². The summed E-state index contributed by atoms with van der Waals surface area (Å²) in [6.07, 6.45) is 5.25. The summed E-state index contributed by atoms with van der Waals surface area (Å²) >= 11 is 0. The van der Waals surface area contributed by atoms with Crippen molar-refractivity contribution in [3.63, 3.8) is 0 Å². The van der Waals surface area contributed by atoms with Crippen LogP contribution in [0.3, 0.4) is 0 Å². The summed E-state index contributed by atoms with van der Waals surface area (Å²) in [5, 5.41) is 0. The van der Waals surface area contributed by atoms with E-state index in [1.54, 1.807) is 25.1 Å². The van der Waals surface area contributed by atoms with E-state index in [4.69, 9.17) is 6.42 Å². The molecule has 0 saturated heterocycles. The third-order valence-electron chi connectivity index (χ3n) is 2.74. The maximum absolute atomic E-state index is 13.4. The first-order valence-corrected chi connectivity index (χ1v) is 7.26. The number of hydrogen-bond donors (Lipinski definition) is 1. The van der Waals surface area contributed by atoms with Gasteiger partial charge in [0.1, 0.15) is 5.82 Å². The fourth-order valence-corrected chi connectivity index (χ4v) is 2.69. The molecule has 2 aromatic rings. The van der Waals surface area contributed by atoms with Gasteiger partial charge in [0.15, 0.2) is 0 Å². The van der Waals surface area contributed by atoms with Gasteiger partial charge < -0.3 is 0 Å². The van der Waals surface area contributed by atoms with Gasteiger partial charge >= 0.3 is 0 Å². The maximum atomic E-state index is 13.4. The molecule has 0 heterocycles. The number of rotatable bonds is 3. The standard InChI is InChI=1S/C15H12FNO2S/c1-3-12-5-4-6-13(9-12)17-20(18,19)14-8-7-11(2)15(16)10-14/h1,4-10,17H,2H3. The predicted molar refractivity (Wildman–Crippen MR) is 76.3 cm³/mol. The van der Waals surface area contributed by atoms with Crippen LogP contribution in [-0.4, -0.2) is 8.42 Å². The van der Waals surface area contributed by atoms with Crippen molar-refractivity contribution in [1.82, 2.24) is 0 Å². The minimum Gasteiger partial charge on any atom is -0.280 e. The van der Waals surface area contributed by atoms with Gasteiger partial charge in [-0.1, -0.05) is 18.1 Å². The largest absolute Gasteiger partial charge is 0.280 e. The van der Waals surface area contributed by atoms with Crippen molar-refractivity contribution in [3.05, 3.63) is 59.4 Å². The zero-order chi connectivity index (χ0) is 14.8. The summed E-state index contributed by atoms with van der Waals surface area (Å²) in [6, 6.07) is 10.2. The molecule has 0 aliphatic carbocycles. The van der Waals surface area contributed by atoms with Crippen LogP contribution >= 0.6 is 0 Å². The number of terminal acetylenes is 1. The molecule has 102 valence electrons. The zero-order valence-electron chi connectivity index (χ0n) is 10.7. The molecule has 0 atom stereocenters. The lowest BCUT2D eigenvalue weighted by Crippen LogP contribution is -2.13. The van der Waals surface area contributed by atoms with E-state index < -0.39 is 15.8 Å². The van der Waals surface area contributed by atoms with Crippen molar-refractivity contribution in [3.8, 4) is 12.3 Å². The van der Waals surface area contributed by atoms with Gasteiger partial charge in [0, 0.05) is 5.56 Å². The number of aryl methyl sites for hydroxylation is 1. The lowest BCUT2D eigenvalue weighted by Gasteiger charge is -2.09. The third kappa shape index (κ3) is 2.98. The second kappa shape index (κ2) is 5.35. The third-order valence-corrected chi connectivity index (χ3v) is 4.11. The number of sulfonamides is 1. The van der Waals surface area contributed by atoms with Crippen LogP contribution in [-0.2, 0) is 10.0 Å². The topological polar surface area (TPSA) is 46.2 Å². The second-order valence-corrected chi connectivity index (χ2v) is 5.92. The van der Waals surface area contributed by atoms with Crippen molar-refractivity contribution in [2.24, 2.45) is 0 Å². The first-order chi connectivity index (χ1) is 9.42.